The van der Waals surface area contributed by atoms with Gasteiger partial charge in [0.05, 0.1) is 5.92 Å². The Morgan fingerprint density at radius 2 is 2.62 bits per heavy atom. The number of nitrogens with two attached hydrogens (primary N) is 1. The lowest BCUT2D eigenvalue weighted by Crippen LogP contribution is -2.42. The maximum Gasteiger partial charge on any atom is 0.242 e. The van der Waals surface area contributed by atoms with E-state index in [1.165, 1.54) is 0 Å². The van der Waals surface area contributed by atoms with Gasteiger partial charge in [-0.15, -0.1) is 0 Å². The summed E-state index contributed by atoms with van der Waals surface area (Å²) in [5.41, 5.74) is 5.18. The third-order valence-electron chi connectivity index (χ3n) is 2.19. The number of aliphatic imine (C=N–C) groups is 1. The van der Waals surface area contributed by atoms with E-state index in [4.69, 9.17) is 5.84 Å². The van der Waals surface area contributed by atoms with Crippen molar-refractivity contribution in [3.8, 4) is 0 Å². The Morgan fingerprint density at radius 1 is 1.77 bits per heavy atom. The van der Waals surface area contributed by atoms with Gasteiger partial charge in [0.1, 0.15) is 6.17 Å². The Balaban J connectivity index is 2.13. The van der Waals surface area contributed by atoms with Gasteiger partial charge in [0.15, 0.2) is 0 Å². The lowest BCUT2D eigenvalue weighted by Gasteiger charge is -2.22. The van der Waals surface area contributed by atoms with Crippen molar-refractivity contribution in [2.75, 3.05) is 6.54 Å². The largest absolute Gasteiger partial charge is 0.294 e. The third kappa shape index (κ3) is 1.30. The molecular weight excluding hydrogens is 170 g/mol. The standard InChI is InChI=1S/C7H11N5O/c8-11-7(13)5-4-10-12-3-1-2-9-6(5)12/h1-3,5-6,10H,4,8H2,(H,11,13). The topological polar surface area (TPSA) is 82.7 Å². The molecule has 2 aliphatic heterocycles. The summed E-state index contributed by atoms with van der Waals surface area (Å²) in [6.45, 7) is 0.565. The van der Waals surface area contributed by atoms with Crippen LogP contribution >= 0.6 is 0 Å². The molecular formula is C7H11N5O. The average Bonchev–Trinajstić information content (AvgIpc) is 2.60. The van der Waals surface area contributed by atoms with Crippen LogP contribution < -0.4 is 16.7 Å². The van der Waals surface area contributed by atoms with E-state index in [1.807, 2.05) is 12.3 Å². The average molecular weight is 181 g/mol. The molecule has 0 spiro atoms. The van der Waals surface area contributed by atoms with Gasteiger partial charge in [0.2, 0.25) is 5.91 Å². The molecule has 0 radical (unpaired) electrons. The molecule has 1 fully saturated rings. The molecule has 0 bridgehead atoms. The monoisotopic (exact) mass is 181 g/mol. The van der Waals surface area contributed by atoms with Crippen LogP contribution in [0.4, 0.5) is 0 Å². The SMILES string of the molecule is NNC(=O)C1CNN2C=CC=NC12. The summed E-state index contributed by atoms with van der Waals surface area (Å²) in [4.78, 5) is 15.4. The van der Waals surface area contributed by atoms with Crippen LogP contribution in [0.25, 0.3) is 0 Å². The Hall–Kier alpha value is -1.40. The van der Waals surface area contributed by atoms with E-state index in [0.717, 1.165) is 0 Å². The van der Waals surface area contributed by atoms with Crippen LogP contribution in [0.2, 0.25) is 0 Å². The molecule has 2 atom stereocenters. The lowest BCUT2D eigenvalue weighted by molar-refractivity contribution is -0.125. The number of nitrogens with one attached hydrogen (secondary N) is 2. The van der Waals surface area contributed by atoms with Gasteiger partial charge in [0, 0.05) is 19.0 Å². The van der Waals surface area contributed by atoms with Crippen molar-refractivity contribution in [2.45, 2.75) is 6.17 Å². The lowest BCUT2D eigenvalue weighted by atomic mass is 10.1. The highest BCUT2D eigenvalue weighted by Gasteiger charge is 2.37. The number of allylic oxidation sites excluding steroid dienone is 1. The minimum atomic E-state index is -0.216. The molecule has 13 heavy (non-hydrogen) atoms. The Morgan fingerprint density at radius 3 is 3.38 bits per heavy atom. The number of carbonyl (C=O) groups excluding carboxylic acids is 1. The van der Waals surface area contributed by atoms with Crippen molar-refractivity contribution in [1.82, 2.24) is 15.9 Å². The Labute approximate surface area is 75.4 Å². The highest BCUT2D eigenvalue weighted by molar-refractivity contribution is 5.80. The fraction of sp³-hybridized carbons (Fsp3) is 0.429. The number of hydrogen-bond donors (Lipinski definition) is 3. The van der Waals surface area contributed by atoms with Gasteiger partial charge in [-0.2, -0.15) is 0 Å². The summed E-state index contributed by atoms with van der Waals surface area (Å²) in [5.74, 6) is 4.65. The summed E-state index contributed by atoms with van der Waals surface area (Å²) in [5, 5.41) is 1.81. The molecule has 4 N–H and O–H groups in total. The normalized spacial score (nSPS) is 30.4. The van der Waals surface area contributed by atoms with Crippen LogP contribution in [-0.2, 0) is 4.79 Å². The fourth-order valence-electron chi connectivity index (χ4n) is 1.52. The number of hydrazine groups is 2. The zero-order chi connectivity index (χ0) is 9.26. The summed E-state index contributed by atoms with van der Waals surface area (Å²) < 4.78 is 0. The number of nitrogens with zero attached hydrogens (tertiary/aromatic N) is 2. The molecule has 0 aliphatic carbocycles. The highest BCUT2D eigenvalue weighted by atomic mass is 16.2. The van der Waals surface area contributed by atoms with Crippen LogP contribution in [0, 0.1) is 5.92 Å². The van der Waals surface area contributed by atoms with E-state index >= 15 is 0 Å². The van der Waals surface area contributed by atoms with Crippen LogP contribution in [0.15, 0.2) is 17.3 Å². The Kier molecular flexibility index (Phi) is 1.99. The van der Waals surface area contributed by atoms with E-state index < -0.39 is 0 Å². The second-order valence-electron chi connectivity index (χ2n) is 2.94. The maximum atomic E-state index is 11.3. The first-order chi connectivity index (χ1) is 6.33. The number of fused-ring (bicyclic) bond motifs is 1. The van der Waals surface area contributed by atoms with Gasteiger partial charge in [0.25, 0.3) is 0 Å². The molecule has 0 aromatic carbocycles. The first kappa shape index (κ1) is 8.21. The minimum Gasteiger partial charge on any atom is -0.294 e. The molecule has 1 amide bonds. The van der Waals surface area contributed by atoms with E-state index in [-0.39, 0.29) is 18.0 Å². The van der Waals surface area contributed by atoms with Gasteiger partial charge in [-0.05, 0) is 6.08 Å². The number of carbonyl (C=O) groups is 1. The highest BCUT2D eigenvalue weighted by Crippen LogP contribution is 2.19. The number of amides is 1. The van der Waals surface area contributed by atoms with Crippen LogP contribution in [0.1, 0.15) is 0 Å². The molecule has 2 rings (SSSR count). The first-order valence-electron chi connectivity index (χ1n) is 4.05. The van der Waals surface area contributed by atoms with Gasteiger partial charge < -0.3 is 0 Å². The summed E-state index contributed by atoms with van der Waals surface area (Å²) in [6.07, 6.45) is 5.19. The van der Waals surface area contributed by atoms with E-state index in [1.54, 1.807) is 11.2 Å². The predicted octanol–water partition coefficient (Wildman–Crippen LogP) is -1.66. The molecule has 2 heterocycles. The smallest absolute Gasteiger partial charge is 0.242 e. The second kappa shape index (κ2) is 3.15. The van der Waals surface area contributed by atoms with Gasteiger partial charge >= 0.3 is 0 Å². The van der Waals surface area contributed by atoms with Gasteiger partial charge in [-0.1, -0.05) is 0 Å². The zero-order valence-corrected chi connectivity index (χ0v) is 6.97. The van der Waals surface area contributed by atoms with Crippen molar-refractivity contribution in [3.63, 3.8) is 0 Å². The van der Waals surface area contributed by atoms with E-state index in [9.17, 15) is 4.79 Å². The van der Waals surface area contributed by atoms with E-state index in [2.05, 4.69) is 15.8 Å². The van der Waals surface area contributed by atoms with E-state index in [0.29, 0.717) is 6.54 Å². The molecule has 2 aliphatic rings. The number of hydrogen-bond acceptors (Lipinski definition) is 5. The van der Waals surface area contributed by atoms with Gasteiger partial charge in [-0.25, -0.2) is 11.3 Å². The molecule has 0 aromatic rings. The fourth-order valence-corrected chi connectivity index (χ4v) is 1.52. The van der Waals surface area contributed by atoms with Crippen LogP contribution in [0.3, 0.4) is 0 Å². The molecule has 1 saturated heterocycles. The molecule has 70 valence electrons. The third-order valence-corrected chi connectivity index (χ3v) is 2.19. The molecule has 0 aromatic heterocycles. The maximum absolute atomic E-state index is 11.3. The molecule has 6 heteroatoms. The minimum absolute atomic E-state index is 0.159. The second-order valence-corrected chi connectivity index (χ2v) is 2.94. The summed E-state index contributed by atoms with van der Waals surface area (Å²) in [7, 11) is 0. The number of rotatable bonds is 1. The van der Waals surface area contributed by atoms with Crippen molar-refractivity contribution in [2.24, 2.45) is 16.8 Å². The molecule has 2 unspecified atom stereocenters. The predicted molar refractivity (Wildman–Crippen MR) is 47.1 cm³/mol. The first-order valence-corrected chi connectivity index (χ1v) is 4.05. The van der Waals surface area contributed by atoms with Crippen LogP contribution in [0.5, 0.6) is 0 Å². The van der Waals surface area contributed by atoms with Crippen molar-refractivity contribution in [1.29, 1.82) is 0 Å². The van der Waals surface area contributed by atoms with Crippen molar-refractivity contribution < 1.29 is 4.79 Å². The van der Waals surface area contributed by atoms with Gasteiger partial charge in [-0.3, -0.25) is 20.2 Å². The zero-order valence-electron chi connectivity index (χ0n) is 6.97. The van der Waals surface area contributed by atoms with Crippen LogP contribution in [-0.4, -0.2) is 29.8 Å². The molecule has 6 nitrogen and oxygen atoms in total. The molecule has 0 saturated carbocycles. The Bertz CT molecular complexity index is 274. The summed E-state index contributed by atoms with van der Waals surface area (Å²) >= 11 is 0. The van der Waals surface area contributed by atoms with Crippen molar-refractivity contribution >= 4 is 12.1 Å². The quantitative estimate of drug-likeness (QED) is 0.257. The summed E-state index contributed by atoms with van der Waals surface area (Å²) in [6, 6.07) is 0. The van der Waals surface area contributed by atoms with Crippen molar-refractivity contribution in [3.05, 3.63) is 12.3 Å².